The van der Waals surface area contributed by atoms with Gasteiger partial charge in [-0.1, -0.05) is 0 Å². The summed E-state index contributed by atoms with van der Waals surface area (Å²) >= 11 is 0. The molecule has 0 amide bonds. The molecule has 0 saturated carbocycles. The Kier molecular flexibility index (Phi) is 3.93. The van der Waals surface area contributed by atoms with Gasteiger partial charge in [-0.05, 0) is 18.2 Å². The molecule has 3 nitrogen and oxygen atoms in total. The zero-order valence-electron chi connectivity index (χ0n) is 8.42. The monoisotopic (exact) mass is 252 g/mol. The second-order valence-electron chi connectivity index (χ2n) is 3.05. The number of alkyl halides is 4. The third-order valence-electron chi connectivity index (χ3n) is 1.87. The van der Waals surface area contributed by atoms with Crippen molar-refractivity contribution in [3.63, 3.8) is 0 Å². The second-order valence-corrected chi connectivity index (χ2v) is 3.05. The van der Waals surface area contributed by atoms with Crippen molar-refractivity contribution in [1.29, 1.82) is 0 Å². The van der Waals surface area contributed by atoms with Crippen molar-refractivity contribution < 1.29 is 32.2 Å². The van der Waals surface area contributed by atoms with E-state index in [1.807, 2.05) is 0 Å². The lowest BCUT2D eigenvalue weighted by molar-refractivity contribution is -0.139. The maximum Gasteiger partial charge on any atom is 0.419 e. The summed E-state index contributed by atoms with van der Waals surface area (Å²) < 4.78 is 54.0. The summed E-state index contributed by atoms with van der Waals surface area (Å²) in [5.41, 5.74) is -1.74. The van der Waals surface area contributed by atoms with Gasteiger partial charge < -0.3 is 9.84 Å². The third kappa shape index (κ3) is 3.33. The Hall–Kier alpha value is -1.79. The van der Waals surface area contributed by atoms with Crippen LogP contribution in [0.3, 0.4) is 0 Å². The fourth-order valence-corrected chi connectivity index (χ4v) is 1.16. The second kappa shape index (κ2) is 5.03. The summed E-state index contributed by atoms with van der Waals surface area (Å²) in [6.07, 6.45) is -4.75. The lowest BCUT2D eigenvalue weighted by atomic mass is 10.1. The molecule has 1 N–H and O–H groups in total. The van der Waals surface area contributed by atoms with Crippen molar-refractivity contribution in [1.82, 2.24) is 0 Å². The molecule has 1 rings (SSSR count). The minimum atomic E-state index is -4.75. The number of halogens is 4. The molecule has 1 aromatic rings. The number of aromatic carboxylic acids is 1. The first-order valence-electron chi connectivity index (χ1n) is 4.49. The van der Waals surface area contributed by atoms with E-state index in [2.05, 4.69) is 4.74 Å². The molecule has 0 aliphatic heterocycles. The van der Waals surface area contributed by atoms with Gasteiger partial charge >= 0.3 is 12.1 Å². The van der Waals surface area contributed by atoms with E-state index in [9.17, 15) is 22.4 Å². The highest BCUT2D eigenvalue weighted by Crippen LogP contribution is 2.36. The molecule has 94 valence electrons. The van der Waals surface area contributed by atoms with Crippen LogP contribution in [0, 0.1) is 0 Å². The summed E-state index contributed by atoms with van der Waals surface area (Å²) in [7, 11) is 0. The molecule has 0 fully saturated rings. The van der Waals surface area contributed by atoms with Gasteiger partial charge in [0.25, 0.3) is 0 Å². The van der Waals surface area contributed by atoms with Gasteiger partial charge in [0.15, 0.2) is 0 Å². The molecular formula is C10H8F4O3. The maximum atomic E-state index is 12.6. The number of carboxylic acids is 1. The van der Waals surface area contributed by atoms with Crippen molar-refractivity contribution in [2.45, 2.75) is 6.18 Å². The average Bonchev–Trinajstić information content (AvgIpc) is 2.24. The van der Waals surface area contributed by atoms with Crippen molar-refractivity contribution in [3.05, 3.63) is 29.3 Å². The summed E-state index contributed by atoms with van der Waals surface area (Å²) in [5.74, 6) is -2.06. The predicted octanol–water partition coefficient (Wildman–Crippen LogP) is 2.75. The maximum absolute atomic E-state index is 12.6. The van der Waals surface area contributed by atoms with Crippen LogP contribution in [0.15, 0.2) is 18.2 Å². The topological polar surface area (TPSA) is 46.5 Å². The molecular weight excluding hydrogens is 244 g/mol. The molecule has 0 spiro atoms. The Labute approximate surface area is 93.6 Å². The number of carboxylic acid groups (broad SMARTS) is 1. The molecule has 1 aromatic carbocycles. The van der Waals surface area contributed by atoms with Gasteiger partial charge in [-0.25, -0.2) is 9.18 Å². The van der Waals surface area contributed by atoms with E-state index in [0.717, 1.165) is 12.1 Å². The van der Waals surface area contributed by atoms with E-state index < -0.39 is 42.3 Å². The highest BCUT2D eigenvalue weighted by molar-refractivity contribution is 5.88. The Balaban J connectivity index is 3.17. The van der Waals surface area contributed by atoms with Crippen molar-refractivity contribution in [3.8, 4) is 5.75 Å². The highest BCUT2D eigenvalue weighted by atomic mass is 19.4. The van der Waals surface area contributed by atoms with Crippen LogP contribution in [0.4, 0.5) is 17.6 Å². The molecule has 0 atom stereocenters. The van der Waals surface area contributed by atoms with Crippen molar-refractivity contribution >= 4 is 5.97 Å². The zero-order chi connectivity index (χ0) is 13.1. The molecule has 0 aliphatic rings. The summed E-state index contributed by atoms with van der Waals surface area (Å²) in [4.78, 5) is 10.5. The van der Waals surface area contributed by atoms with Crippen LogP contribution in [-0.2, 0) is 6.18 Å². The van der Waals surface area contributed by atoms with Crippen LogP contribution in [-0.4, -0.2) is 24.4 Å². The zero-order valence-corrected chi connectivity index (χ0v) is 8.42. The van der Waals surface area contributed by atoms with Gasteiger partial charge in [0, 0.05) is 0 Å². The van der Waals surface area contributed by atoms with Gasteiger partial charge in [0.1, 0.15) is 19.0 Å². The van der Waals surface area contributed by atoms with Crippen LogP contribution in [0.1, 0.15) is 15.9 Å². The molecule has 0 bridgehead atoms. The van der Waals surface area contributed by atoms with Crippen LogP contribution < -0.4 is 4.74 Å². The Bertz CT molecular complexity index is 415. The van der Waals surface area contributed by atoms with E-state index >= 15 is 0 Å². The fourth-order valence-electron chi connectivity index (χ4n) is 1.16. The number of carbonyl (C=O) groups is 1. The van der Waals surface area contributed by atoms with E-state index in [1.165, 1.54) is 0 Å². The number of hydrogen-bond donors (Lipinski definition) is 1. The lowest BCUT2D eigenvalue weighted by Gasteiger charge is -2.13. The van der Waals surface area contributed by atoms with Crippen molar-refractivity contribution in [2.24, 2.45) is 0 Å². The van der Waals surface area contributed by atoms with Gasteiger partial charge in [-0.2, -0.15) is 13.2 Å². The first-order valence-corrected chi connectivity index (χ1v) is 4.49. The largest absolute Gasteiger partial charge is 0.490 e. The minimum absolute atomic E-state index is 0.454. The lowest BCUT2D eigenvalue weighted by Crippen LogP contribution is -2.11. The summed E-state index contributed by atoms with van der Waals surface area (Å²) in [5, 5.41) is 8.57. The molecule has 0 saturated heterocycles. The minimum Gasteiger partial charge on any atom is -0.490 e. The number of benzene rings is 1. The van der Waals surface area contributed by atoms with E-state index in [0.29, 0.717) is 6.07 Å². The van der Waals surface area contributed by atoms with Crippen molar-refractivity contribution in [2.75, 3.05) is 13.3 Å². The molecule has 17 heavy (non-hydrogen) atoms. The third-order valence-corrected chi connectivity index (χ3v) is 1.87. The molecule has 7 heteroatoms. The van der Waals surface area contributed by atoms with Crippen LogP contribution >= 0.6 is 0 Å². The number of ether oxygens (including phenoxy) is 1. The number of rotatable bonds is 4. The van der Waals surface area contributed by atoms with Crippen LogP contribution in [0.2, 0.25) is 0 Å². The standard InChI is InChI=1S/C10H8F4O3/c11-3-4-17-8-2-1-6(9(15)16)5-7(8)10(12,13)14/h1-2,5H,3-4H2,(H,15,16). The van der Waals surface area contributed by atoms with Gasteiger partial charge in [-0.3, -0.25) is 0 Å². The highest BCUT2D eigenvalue weighted by Gasteiger charge is 2.35. The Morgan fingerprint density at radius 1 is 1.35 bits per heavy atom. The number of hydrogen-bond acceptors (Lipinski definition) is 2. The van der Waals surface area contributed by atoms with E-state index in [4.69, 9.17) is 5.11 Å². The summed E-state index contributed by atoms with van der Waals surface area (Å²) in [6, 6.07) is 2.28. The van der Waals surface area contributed by atoms with Gasteiger partial charge in [0.05, 0.1) is 11.1 Å². The normalized spacial score (nSPS) is 11.3. The molecule has 0 aromatic heterocycles. The summed E-state index contributed by atoms with van der Waals surface area (Å²) in [6.45, 7) is -1.45. The first kappa shape index (κ1) is 13.3. The quantitative estimate of drug-likeness (QED) is 0.838. The Morgan fingerprint density at radius 2 is 2.00 bits per heavy atom. The smallest absolute Gasteiger partial charge is 0.419 e. The van der Waals surface area contributed by atoms with Crippen LogP contribution in [0.5, 0.6) is 5.75 Å². The fraction of sp³-hybridized carbons (Fsp3) is 0.300. The van der Waals surface area contributed by atoms with Gasteiger partial charge in [-0.15, -0.1) is 0 Å². The molecule has 0 unspecified atom stereocenters. The molecule has 0 aliphatic carbocycles. The van der Waals surface area contributed by atoms with Crippen LogP contribution in [0.25, 0.3) is 0 Å². The SMILES string of the molecule is O=C(O)c1ccc(OCCF)c(C(F)(F)F)c1. The van der Waals surface area contributed by atoms with E-state index in [-0.39, 0.29) is 0 Å². The Morgan fingerprint density at radius 3 is 2.47 bits per heavy atom. The molecule has 0 heterocycles. The predicted molar refractivity (Wildman–Crippen MR) is 49.9 cm³/mol. The molecule has 0 radical (unpaired) electrons. The first-order chi connectivity index (χ1) is 7.86. The van der Waals surface area contributed by atoms with Gasteiger partial charge in [0.2, 0.25) is 0 Å². The van der Waals surface area contributed by atoms with E-state index in [1.54, 1.807) is 0 Å². The average molecular weight is 252 g/mol.